The maximum Gasteiger partial charge on any atom is 0.165 e. The quantitative estimate of drug-likeness (QED) is 0.638. The molecule has 0 saturated heterocycles. The summed E-state index contributed by atoms with van der Waals surface area (Å²) in [4.78, 5) is 0. The molecule has 72 valence electrons. The van der Waals surface area contributed by atoms with E-state index in [-0.39, 0.29) is 11.8 Å². The number of phenols is 1. The van der Waals surface area contributed by atoms with Gasteiger partial charge in [0.05, 0.1) is 0 Å². The third-order valence-electron chi connectivity index (χ3n) is 1.92. The first-order valence-electron chi connectivity index (χ1n) is 4.02. The van der Waals surface area contributed by atoms with Crippen LogP contribution in [-0.2, 0) is 0 Å². The number of benzene rings is 1. The lowest BCUT2D eigenvalue weighted by Crippen LogP contribution is -2.31. The van der Waals surface area contributed by atoms with Crippen molar-refractivity contribution in [3.8, 4) is 5.75 Å². The first kappa shape index (κ1) is 9.95. The van der Waals surface area contributed by atoms with E-state index in [1.807, 2.05) is 0 Å². The van der Waals surface area contributed by atoms with Crippen LogP contribution in [0, 0.1) is 5.82 Å². The fourth-order valence-electron chi connectivity index (χ4n) is 1.03. The highest BCUT2D eigenvalue weighted by atomic mass is 19.1. The third kappa shape index (κ3) is 2.17. The van der Waals surface area contributed by atoms with Gasteiger partial charge in [0.1, 0.15) is 0 Å². The van der Waals surface area contributed by atoms with Gasteiger partial charge in [0, 0.05) is 12.1 Å². The Morgan fingerprint density at radius 2 is 2.00 bits per heavy atom. The van der Waals surface area contributed by atoms with E-state index in [4.69, 9.17) is 16.6 Å². The number of phenolic OH excluding ortho intramolecular Hbond substituents is 1. The Morgan fingerprint density at radius 3 is 2.46 bits per heavy atom. The molecule has 1 aromatic carbocycles. The van der Waals surface area contributed by atoms with Crippen LogP contribution in [0.2, 0.25) is 0 Å². The van der Waals surface area contributed by atoms with E-state index in [9.17, 15) is 4.39 Å². The van der Waals surface area contributed by atoms with Gasteiger partial charge < -0.3 is 16.6 Å². The van der Waals surface area contributed by atoms with Crippen molar-refractivity contribution in [1.29, 1.82) is 0 Å². The second-order valence-corrected chi connectivity index (χ2v) is 3.10. The number of nitrogens with two attached hydrogens (primary N) is 2. The first-order valence-corrected chi connectivity index (χ1v) is 4.02. The van der Waals surface area contributed by atoms with Crippen molar-refractivity contribution >= 4 is 0 Å². The molecule has 0 amide bonds. The molecule has 5 N–H and O–H groups in total. The van der Waals surface area contributed by atoms with Crippen LogP contribution in [0.3, 0.4) is 0 Å². The Bertz CT molecular complexity index is 302. The van der Waals surface area contributed by atoms with Crippen LogP contribution in [0.1, 0.15) is 18.5 Å². The summed E-state index contributed by atoms with van der Waals surface area (Å²) in [5.41, 5.74) is 11.8. The largest absolute Gasteiger partial charge is 0.505 e. The van der Waals surface area contributed by atoms with Crippen molar-refractivity contribution in [3.05, 3.63) is 29.6 Å². The SMILES string of the molecule is CC(N)C(N)c1ccc(O)c(F)c1. The first-order chi connectivity index (χ1) is 6.02. The van der Waals surface area contributed by atoms with E-state index in [0.29, 0.717) is 5.56 Å². The van der Waals surface area contributed by atoms with Crippen LogP contribution in [-0.4, -0.2) is 11.1 Å². The molecule has 2 unspecified atom stereocenters. The van der Waals surface area contributed by atoms with Gasteiger partial charge in [-0.1, -0.05) is 6.07 Å². The van der Waals surface area contributed by atoms with Gasteiger partial charge >= 0.3 is 0 Å². The van der Waals surface area contributed by atoms with Gasteiger partial charge in [-0.25, -0.2) is 4.39 Å². The smallest absolute Gasteiger partial charge is 0.165 e. The van der Waals surface area contributed by atoms with E-state index >= 15 is 0 Å². The number of aromatic hydroxyl groups is 1. The molecule has 0 spiro atoms. The molecule has 0 aromatic heterocycles. The zero-order valence-corrected chi connectivity index (χ0v) is 7.37. The summed E-state index contributed by atoms with van der Waals surface area (Å²) < 4.78 is 12.9. The lowest BCUT2D eigenvalue weighted by atomic mass is 10.0. The molecule has 13 heavy (non-hydrogen) atoms. The normalized spacial score (nSPS) is 15.4. The molecule has 0 heterocycles. The molecule has 3 nitrogen and oxygen atoms in total. The standard InChI is InChI=1S/C9H13FN2O/c1-5(11)9(12)6-2-3-8(13)7(10)4-6/h2-5,9,13H,11-12H2,1H3. The Labute approximate surface area is 76.2 Å². The molecule has 0 fully saturated rings. The number of hydrogen-bond acceptors (Lipinski definition) is 3. The lowest BCUT2D eigenvalue weighted by Gasteiger charge is -2.15. The van der Waals surface area contributed by atoms with E-state index < -0.39 is 11.9 Å². The summed E-state index contributed by atoms with van der Waals surface area (Å²) in [6, 6.07) is 3.38. The summed E-state index contributed by atoms with van der Waals surface area (Å²) >= 11 is 0. The maximum absolute atomic E-state index is 12.9. The zero-order valence-electron chi connectivity index (χ0n) is 7.37. The highest BCUT2D eigenvalue weighted by molar-refractivity contribution is 5.30. The number of halogens is 1. The van der Waals surface area contributed by atoms with E-state index in [2.05, 4.69) is 0 Å². The molecule has 0 aliphatic rings. The zero-order chi connectivity index (χ0) is 10.0. The molecule has 4 heteroatoms. The predicted molar refractivity (Wildman–Crippen MR) is 48.6 cm³/mol. The van der Waals surface area contributed by atoms with E-state index in [1.165, 1.54) is 12.1 Å². The van der Waals surface area contributed by atoms with Crippen LogP contribution in [0.25, 0.3) is 0 Å². The molecule has 0 radical (unpaired) electrons. The summed E-state index contributed by atoms with van der Waals surface area (Å²) in [5, 5.41) is 8.92. The summed E-state index contributed by atoms with van der Waals surface area (Å²) in [6.45, 7) is 1.75. The number of rotatable bonds is 2. The molecule has 0 aliphatic heterocycles. The Hall–Kier alpha value is -1.13. The van der Waals surface area contributed by atoms with Crippen molar-refractivity contribution in [2.75, 3.05) is 0 Å². The molecular formula is C9H13FN2O. The molecular weight excluding hydrogens is 171 g/mol. The summed E-state index contributed by atoms with van der Waals surface area (Å²) in [5.74, 6) is -1.05. The van der Waals surface area contributed by atoms with E-state index in [1.54, 1.807) is 13.0 Å². The minimum atomic E-state index is -0.673. The lowest BCUT2D eigenvalue weighted by molar-refractivity contribution is 0.430. The van der Waals surface area contributed by atoms with Crippen LogP contribution in [0.4, 0.5) is 4.39 Å². The van der Waals surface area contributed by atoms with Crippen LogP contribution in [0.5, 0.6) is 5.75 Å². The third-order valence-corrected chi connectivity index (χ3v) is 1.92. The van der Waals surface area contributed by atoms with Crippen LogP contribution < -0.4 is 11.5 Å². The molecule has 1 rings (SSSR count). The summed E-state index contributed by atoms with van der Waals surface area (Å²) in [6.07, 6.45) is 0. The minimum absolute atomic E-state index is 0.246. The predicted octanol–water partition coefficient (Wildman–Crippen LogP) is 0.878. The maximum atomic E-state index is 12.9. The molecule has 0 aliphatic carbocycles. The second kappa shape index (κ2) is 3.72. The van der Waals surface area contributed by atoms with Crippen LogP contribution in [0.15, 0.2) is 18.2 Å². The van der Waals surface area contributed by atoms with Crippen molar-refractivity contribution in [2.24, 2.45) is 11.5 Å². The van der Waals surface area contributed by atoms with Crippen molar-refractivity contribution in [3.63, 3.8) is 0 Å². The number of hydrogen-bond donors (Lipinski definition) is 3. The fourth-order valence-corrected chi connectivity index (χ4v) is 1.03. The summed E-state index contributed by atoms with van der Waals surface area (Å²) in [7, 11) is 0. The van der Waals surface area contributed by atoms with Gasteiger partial charge in [-0.3, -0.25) is 0 Å². The van der Waals surface area contributed by atoms with Crippen molar-refractivity contribution < 1.29 is 9.50 Å². The van der Waals surface area contributed by atoms with Gasteiger partial charge in [-0.15, -0.1) is 0 Å². The highest BCUT2D eigenvalue weighted by Crippen LogP contribution is 2.20. The monoisotopic (exact) mass is 184 g/mol. The van der Waals surface area contributed by atoms with Crippen molar-refractivity contribution in [2.45, 2.75) is 19.0 Å². The average Bonchev–Trinajstić information content (AvgIpc) is 2.08. The van der Waals surface area contributed by atoms with Gasteiger partial charge in [0.2, 0.25) is 0 Å². The Balaban J connectivity index is 2.97. The van der Waals surface area contributed by atoms with Gasteiger partial charge in [-0.2, -0.15) is 0 Å². The minimum Gasteiger partial charge on any atom is -0.505 e. The van der Waals surface area contributed by atoms with E-state index in [0.717, 1.165) is 0 Å². The topological polar surface area (TPSA) is 72.3 Å². The van der Waals surface area contributed by atoms with Gasteiger partial charge in [-0.05, 0) is 24.6 Å². The Kier molecular flexibility index (Phi) is 2.85. The second-order valence-electron chi connectivity index (χ2n) is 3.10. The van der Waals surface area contributed by atoms with Gasteiger partial charge in [0.25, 0.3) is 0 Å². The van der Waals surface area contributed by atoms with Gasteiger partial charge in [0.15, 0.2) is 11.6 Å². The fraction of sp³-hybridized carbons (Fsp3) is 0.333. The molecule has 0 saturated carbocycles. The molecule has 0 bridgehead atoms. The average molecular weight is 184 g/mol. The van der Waals surface area contributed by atoms with Crippen LogP contribution >= 0.6 is 0 Å². The molecule has 2 atom stereocenters. The Morgan fingerprint density at radius 1 is 1.38 bits per heavy atom. The highest BCUT2D eigenvalue weighted by Gasteiger charge is 2.12. The van der Waals surface area contributed by atoms with Crippen molar-refractivity contribution in [1.82, 2.24) is 0 Å². The molecule has 1 aromatic rings.